The van der Waals surface area contributed by atoms with Crippen LogP contribution in [0, 0.1) is 5.92 Å². The highest BCUT2D eigenvalue weighted by Crippen LogP contribution is 2.15. The summed E-state index contributed by atoms with van der Waals surface area (Å²) in [4.78, 5) is 11.1. The van der Waals surface area contributed by atoms with E-state index in [4.69, 9.17) is 5.73 Å². The van der Waals surface area contributed by atoms with Gasteiger partial charge in [0.05, 0.1) is 0 Å². The number of primary amides is 1. The van der Waals surface area contributed by atoms with E-state index in [1.165, 1.54) is 25.7 Å². The fraction of sp³-hybridized carbons (Fsp3) is 0.533. The summed E-state index contributed by atoms with van der Waals surface area (Å²) in [5, 5.41) is 3.39. The molecule has 18 heavy (non-hydrogen) atoms. The Morgan fingerprint density at radius 3 is 2.78 bits per heavy atom. The first-order valence-electron chi connectivity index (χ1n) is 6.81. The first-order valence-corrected chi connectivity index (χ1v) is 6.81. The molecule has 0 heterocycles. The third kappa shape index (κ3) is 4.78. The van der Waals surface area contributed by atoms with Crippen molar-refractivity contribution in [2.24, 2.45) is 11.7 Å². The largest absolute Gasteiger partial charge is 0.385 e. The number of unbranched alkanes of at least 4 members (excludes halogenated alkanes) is 1. The zero-order chi connectivity index (χ0) is 13.4. The second-order valence-electron chi connectivity index (χ2n) is 4.74. The van der Waals surface area contributed by atoms with Crippen LogP contribution < -0.4 is 11.1 Å². The van der Waals surface area contributed by atoms with Gasteiger partial charge in [0, 0.05) is 17.8 Å². The first kappa shape index (κ1) is 14.6. The van der Waals surface area contributed by atoms with Crippen molar-refractivity contribution in [2.45, 2.75) is 39.5 Å². The van der Waals surface area contributed by atoms with Gasteiger partial charge in [-0.05, 0) is 30.5 Å². The van der Waals surface area contributed by atoms with Crippen LogP contribution in [0.4, 0.5) is 5.69 Å². The highest BCUT2D eigenvalue weighted by molar-refractivity contribution is 5.93. The van der Waals surface area contributed by atoms with Crippen LogP contribution in [0.2, 0.25) is 0 Å². The van der Waals surface area contributed by atoms with Crippen LogP contribution in [0.5, 0.6) is 0 Å². The van der Waals surface area contributed by atoms with Crippen LogP contribution >= 0.6 is 0 Å². The zero-order valence-electron chi connectivity index (χ0n) is 11.4. The van der Waals surface area contributed by atoms with E-state index < -0.39 is 0 Å². The summed E-state index contributed by atoms with van der Waals surface area (Å²) in [5.41, 5.74) is 6.79. The van der Waals surface area contributed by atoms with Gasteiger partial charge in [-0.1, -0.05) is 39.2 Å². The highest BCUT2D eigenvalue weighted by atomic mass is 16.1. The maximum atomic E-state index is 11.1. The van der Waals surface area contributed by atoms with Gasteiger partial charge in [-0.2, -0.15) is 0 Å². The SMILES string of the molecule is CCCCC(CC)CNc1cccc(C(N)=O)c1. The van der Waals surface area contributed by atoms with Gasteiger partial charge in [-0.25, -0.2) is 0 Å². The van der Waals surface area contributed by atoms with Crippen molar-refractivity contribution >= 4 is 11.6 Å². The molecule has 0 saturated heterocycles. The number of carbonyl (C=O) groups excluding carboxylic acids is 1. The van der Waals surface area contributed by atoms with Crippen molar-refractivity contribution < 1.29 is 4.79 Å². The summed E-state index contributed by atoms with van der Waals surface area (Å²) in [6.45, 7) is 5.40. The molecule has 1 aromatic rings. The molecule has 0 fully saturated rings. The Balaban J connectivity index is 2.51. The summed E-state index contributed by atoms with van der Waals surface area (Å²) in [7, 11) is 0. The van der Waals surface area contributed by atoms with E-state index in [1.54, 1.807) is 6.07 Å². The molecule has 0 aliphatic carbocycles. The molecule has 100 valence electrons. The van der Waals surface area contributed by atoms with Gasteiger partial charge in [0.2, 0.25) is 5.91 Å². The smallest absolute Gasteiger partial charge is 0.248 e. The summed E-state index contributed by atoms with van der Waals surface area (Å²) in [6, 6.07) is 7.38. The van der Waals surface area contributed by atoms with Crippen molar-refractivity contribution in [1.29, 1.82) is 0 Å². The van der Waals surface area contributed by atoms with Crippen LogP contribution in [0.1, 0.15) is 49.9 Å². The molecule has 1 rings (SSSR count). The minimum atomic E-state index is -0.378. The molecule has 0 aliphatic heterocycles. The van der Waals surface area contributed by atoms with Crippen LogP contribution in [0.25, 0.3) is 0 Å². The summed E-state index contributed by atoms with van der Waals surface area (Å²) in [5.74, 6) is 0.318. The van der Waals surface area contributed by atoms with E-state index in [-0.39, 0.29) is 5.91 Å². The van der Waals surface area contributed by atoms with Crippen molar-refractivity contribution in [3.63, 3.8) is 0 Å². The number of anilines is 1. The van der Waals surface area contributed by atoms with Gasteiger partial charge in [0.25, 0.3) is 0 Å². The quantitative estimate of drug-likeness (QED) is 0.740. The fourth-order valence-corrected chi connectivity index (χ4v) is 1.99. The van der Waals surface area contributed by atoms with Crippen molar-refractivity contribution in [3.05, 3.63) is 29.8 Å². The maximum Gasteiger partial charge on any atom is 0.248 e. The van der Waals surface area contributed by atoms with Crippen LogP contribution in [0.15, 0.2) is 24.3 Å². The number of hydrogen-bond acceptors (Lipinski definition) is 2. The maximum absolute atomic E-state index is 11.1. The number of amides is 1. The minimum absolute atomic E-state index is 0.378. The van der Waals surface area contributed by atoms with Gasteiger partial charge >= 0.3 is 0 Å². The average molecular weight is 248 g/mol. The van der Waals surface area contributed by atoms with Gasteiger partial charge in [0.1, 0.15) is 0 Å². The highest BCUT2D eigenvalue weighted by Gasteiger charge is 2.06. The van der Waals surface area contributed by atoms with Crippen molar-refractivity contribution in [1.82, 2.24) is 0 Å². The number of rotatable bonds is 8. The second kappa shape index (κ2) is 7.75. The standard InChI is InChI=1S/C15H24N2O/c1-3-5-7-12(4-2)11-17-14-9-6-8-13(10-14)15(16)18/h6,8-10,12,17H,3-5,7,11H2,1-2H3,(H2,16,18). The molecule has 3 heteroatoms. The second-order valence-corrected chi connectivity index (χ2v) is 4.74. The van der Waals surface area contributed by atoms with Gasteiger partial charge in [0.15, 0.2) is 0 Å². The molecule has 1 unspecified atom stereocenters. The lowest BCUT2D eigenvalue weighted by Crippen LogP contribution is -2.15. The van der Waals surface area contributed by atoms with E-state index in [0.29, 0.717) is 11.5 Å². The monoisotopic (exact) mass is 248 g/mol. The number of nitrogens with two attached hydrogens (primary N) is 1. The van der Waals surface area contributed by atoms with Crippen LogP contribution in [0.3, 0.4) is 0 Å². The number of hydrogen-bond donors (Lipinski definition) is 2. The summed E-state index contributed by atoms with van der Waals surface area (Å²) >= 11 is 0. The molecule has 1 aromatic carbocycles. The third-order valence-electron chi connectivity index (χ3n) is 3.29. The van der Waals surface area contributed by atoms with Gasteiger partial charge in [-0.15, -0.1) is 0 Å². The molecule has 0 bridgehead atoms. The van der Waals surface area contributed by atoms with E-state index in [0.717, 1.165) is 12.2 Å². The fourth-order valence-electron chi connectivity index (χ4n) is 1.99. The predicted octanol–water partition coefficient (Wildman–Crippen LogP) is 3.41. The topological polar surface area (TPSA) is 55.1 Å². The molecule has 3 N–H and O–H groups in total. The lowest BCUT2D eigenvalue weighted by molar-refractivity contribution is 0.100. The molecule has 0 saturated carbocycles. The normalized spacial score (nSPS) is 12.1. The van der Waals surface area contributed by atoms with Gasteiger partial charge < -0.3 is 11.1 Å². The van der Waals surface area contributed by atoms with E-state index in [2.05, 4.69) is 19.2 Å². The molecule has 0 aromatic heterocycles. The zero-order valence-corrected chi connectivity index (χ0v) is 11.4. The molecule has 0 aliphatic rings. The van der Waals surface area contributed by atoms with Crippen LogP contribution in [-0.2, 0) is 0 Å². The Hall–Kier alpha value is -1.51. The Morgan fingerprint density at radius 1 is 1.39 bits per heavy atom. The molecule has 1 amide bonds. The van der Waals surface area contributed by atoms with Crippen LogP contribution in [-0.4, -0.2) is 12.5 Å². The molecular weight excluding hydrogens is 224 g/mol. The van der Waals surface area contributed by atoms with E-state index in [1.807, 2.05) is 18.2 Å². The Morgan fingerprint density at radius 2 is 2.17 bits per heavy atom. The number of benzene rings is 1. The molecule has 3 nitrogen and oxygen atoms in total. The number of carbonyl (C=O) groups is 1. The van der Waals surface area contributed by atoms with Gasteiger partial charge in [-0.3, -0.25) is 4.79 Å². The van der Waals surface area contributed by atoms with Crippen molar-refractivity contribution in [2.75, 3.05) is 11.9 Å². The Bertz CT molecular complexity index is 377. The summed E-state index contributed by atoms with van der Waals surface area (Å²) in [6.07, 6.45) is 4.97. The Labute approximate surface area is 110 Å². The molecular formula is C15H24N2O. The molecule has 0 radical (unpaired) electrons. The lowest BCUT2D eigenvalue weighted by Gasteiger charge is -2.16. The third-order valence-corrected chi connectivity index (χ3v) is 3.29. The lowest BCUT2D eigenvalue weighted by atomic mass is 9.99. The predicted molar refractivity (Wildman–Crippen MR) is 76.8 cm³/mol. The molecule has 0 spiro atoms. The van der Waals surface area contributed by atoms with Crippen molar-refractivity contribution in [3.8, 4) is 0 Å². The summed E-state index contributed by atoms with van der Waals surface area (Å²) < 4.78 is 0. The number of nitrogens with one attached hydrogen (secondary N) is 1. The first-order chi connectivity index (χ1) is 8.67. The van der Waals surface area contributed by atoms with E-state index >= 15 is 0 Å². The average Bonchev–Trinajstić information content (AvgIpc) is 2.39. The van der Waals surface area contributed by atoms with E-state index in [9.17, 15) is 4.79 Å². The minimum Gasteiger partial charge on any atom is -0.385 e. The Kier molecular flexibility index (Phi) is 6.26. The molecule has 1 atom stereocenters.